The van der Waals surface area contributed by atoms with Gasteiger partial charge in [0.2, 0.25) is 0 Å². The van der Waals surface area contributed by atoms with Gasteiger partial charge in [0.1, 0.15) is 11.5 Å². The van der Waals surface area contributed by atoms with E-state index >= 15 is 0 Å². The van der Waals surface area contributed by atoms with E-state index in [0.717, 1.165) is 24.3 Å². The Morgan fingerprint density at radius 2 is 1.89 bits per heavy atom. The van der Waals surface area contributed by atoms with E-state index in [1.54, 1.807) is 14.2 Å². The van der Waals surface area contributed by atoms with Crippen molar-refractivity contribution in [3.05, 3.63) is 29.8 Å². The van der Waals surface area contributed by atoms with Gasteiger partial charge in [-0.05, 0) is 42.4 Å². The van der Waals surface area contributed by atoms with Crippen LogP contribution in [-0.4, -0.2) is 14.2 Å². The Hall–Kier alpha value is -1.44. The van der Waals surface area contributed by atoms with Crippen molar-refractivity contribution in [3.63, 3.8) is 0 Å². The second kappa shape index (κ2) is 5.05. The topological polar surface area (TPSA) is 18.5 Å². The zero-order chi connectivity index (χ0) is 13.2. The van der Waals surface area contributed by atoms with E-state index in [1.807, 2.05) is 12.1 Å². The highest BCUT2D eigenvalue weighted by Gasteiger charge is 2.23. The number of rotatable bonds is 3. The van der Waals surface area contributed by atoms with E-state index in [2.05, 4.69) is 26.0 Å². The summed E-state index contributed by atoms with van der Waals surface area (Å²) in [4.78, 5) is 0. The molecule has 2 nitrogen and oxygen atoms in total. The summed E-state index contributed by atoms with van der Waals surface area (Å²) in [5.74, 6) is 1.74. The molecule has 0 aromatic heterocycles. The molecule has 0 unspecified atom stereocenters. The summed E-state index contributed by atoms with van der Waals surface area (Å²) in [6, 6.07) is 6.05. The average molecular weight is 246 g/mol. The van der Waals surface area contributed by atoms with Gasteiger partial charge < -0.3 is 9.47 Å². The zero-order valence-electron chi connectivity index (χ0n) is 11.7. The molecule has 0 bridgehead atoms. The monoisotopic (exact) mass is 246 g/mol. The Morgan fingerprint density at radius 1 is 1.11 bits per heavy atom. The molecular formula is C16H22O2. The molecule has 2 heteroatoms. The van der Waals surface area contributed by atoms with E-state index in [0.29, 0.717) is 5.41 Å². The number of benzene rings is 1. The maximum absolute atomic E-state index is 5.47. The van der Waals surface area contributed by atoms with Gasteiger partial charge in [0, 0.05) is 11.6 Å². The third kappa shape index (κ3) is 2.69. The summed E-state index contributed by atoms with van der Waals surface area (Å²) < 4.78 is 10.7. The fourth-order valence-electron chi connectivity index (χ4n) is 2.39. The maximum atomic E-state index is 5.47. The van der Waals surface area contributed by atoms with Gasteiger partial charge in [0.05, 0.1) is 14.2 Å². The highest BCUT2D eigenvalue weighted by molar-refractivity contribution is 5.72. The summed E-state index contributed by atoms with van der Waals surface area (Å²) in [7, 11) is 3.39. The summed E-state index contributed by atoms with van der Waals surface area (Å²) in [5.41, 5.74) is 3.03. The van der Waals surface area contributed by atoms with Crippen molar-refractivity contribution in [1.82, 2.24) is 0 Å². The number of methoxy groups -OCH3 is 2. The van der Waals surface area contributed by atoms with Crippen molar-refractivity contribution >= 4 is 5.57 Å². The molecule has 98 valence electrons. The minimum atomic E-state index is 0.434. The van der Waals surface area contributed by atoms with Gasteiger partial charge in [-0.1, -0.05) is 19.9 Å². The summed E-state index contributed by atoms with van der Waals surface area (Å²) in [6.07, 6.45) is 5.84. The summed E-state index contributed by atoms with van der Waals surface area (Å²) in [5, 5.41) is 0. The van der Waals surface area contributed by atoms with Gasteiger partial charge in [-0.15, -0.1) is 0 Å². The molecule has 0 amide bonds. The van der Waals surface area contributed by atoms with Crippen molar-refractivity contribution in [3.8, 4) is 11.5 Å². The third-order valence-electron chi connectivity index (χ3n) is 3.73. The lowest BCUT2D eigenvalue weighted by atomic mass is 9.77. The quantitative estimate of drug-likeness (QED) is 0.791. The first kappa shape index (κ1) is 13.0. The standard InChI is InChI=1S/C16H22O2/c1-16(2)9-7-12(8-10-16)14-6-5-13(17-3)11-15(14)18-4/h5-7,11H,8-10H2,1-4H3. The normalized spacial score (nSPS) is 18.1. The van der Waals surface area contributed by atoms with Crippen LogP contribution in [0.1, 0.15) is 38.7 Å². The highest BCUT2D eigenvalue weighted by atomic mass is 16.5. The lowest BCUT2D eigenvalue weighted by Crippen LogP contribution is -2.14. The van der Waals surface area contributed by atoms with E-state index < -0.39 is 0 Å². The van der Waals surface area contributed by atoms with E-state index in [-0.39, 0.29) is 0 Å². The van der Waals surface area contributed by atoms with Crippen LogP contribution in [0.4, 0.5) is 0 Å². The second-order valence-electron chi connectivity index (χ2n) is 5.66. The van der Waals surface area contributed by atoms with Crippen LogP contribution in [0.15, 0.2) is 24.3 Å². The smallest absolute Gasteiger partial charge is 0.130 e. The van der Waals surface area contributed by atoms with Crippen molar-refractivity contribution in [2.75, 3.05) is 14.2 Å². The molecule has 0 atom stereocenters. The largest absolute Gasteiger partial charge is 0.497 e. The lowest BCUT2D eigenvalue weighted by molar-refractivity contribution is 0.334. The molecule has 0 spiro atoms. The minimum absolute atomic E-state index is 0.434. The van der Waals surface area contributed by atoms with Gasteiger partial charge >= 0.3 is 0 Å². The molecule has 0 saturated carbocycles. The maximum Gasteiger partial charge on any atom is 0.130 e. The van der Waals surface area contributed by atoms with Crippen LogP contribution in [0, 0.1) is 5.41 Å². The molecule has 1 aromatic carbocycles. The molecule has 0 fully saturated rings. The van der Waals surface area contributed by atoms with Gasteiger partial charge in [-0.25, -0.2) is 0 Å². The van der Waals surface area contributed by atoms with Gasteiger partial charge in [-0.3, -0.25) is 0 Å². The van der Waals surface area contributed by atoms with Crippen LogP contribution in [0.5, 0.6) is 11.5 Å². The van der Waals surface area contributed by atoms with Crippen molar-refractivity contribution in [1.29, 1.82) is 0 Å². The minimum Gasteiger partial charge on any atom is -0.497 e. The molecule has 2 rings (SSSR count). The predicted octanol–water partition coefficient (Wildman–Crippen LogP) is 4.30. The van der Waals surface area contributed by atoms with Crippen molar-refractivity contribution in [2.45, 2.75) is 33.1 Å². The first-order valence-corrected chi connectivity index (χ1v) is 6.47. The van der Waals surface area contributed by atoms with Crippen LogP contribution in [0.3, 0.4) is 0 Å². The van der Waals surface area contributed by atoms with Crippen LogP contribution in [0.2, 0.25) is 0 Å². The molecule has 0 N–H and O–H groups in total. The van der Waals surface area contributed by atoms with Crippen LogP contribution < -0.4 is 9.47 Å². The first-order valence-electron chi connectivity index (χ1n) is 6.47. The molecule has 1 aliphatic rings. The van der Waals surface area contributed by atoms with Gasteiger partial charge in [0.15, 0.2) is 0 Å². The molecule has 0 saturated heterocycles. The fourth-order valence-corrected chi connectivity index (χ4v) is 2.39. The average Bonchev–Trinajstić information content (AvgIpc) is 2.38. The molecule has 1 aromatic rings. The third-order valence-corrected chi connectivity index (χ3v) is 3.73. The van der Waals surface area contributed by atoms with Crippen LogP contribution in [0.25, 0.3) is 5.57 Å². The molecule has 0 heterocycles. The molecule has 0 aliphatic heterocycles. The van der Waals surface area contributed by atoms with E-state index in [1.165, 1.54) is 17.6 Å². The Morgan fingerprint density at radius 3 is 2.44 bits per heavy atom. The molecule has 0 radical (unpaired) electrons. The van der Waals surface area contributed by atoms with E-state index in [9.17, 15) is 0 Å². The Labute approximate surface area is 110 Å². The van der Waals surface area contributed by atoms with Crippen molar-refractivity contribution in [2.24, 2.45) is 5.41 Å². The zero-order valence-corrected chi connectivity index (χ0v) is 11.7. The SMILES string of the molecule is COc1ccc(C2=CCC(C)(C)CC2)c(OC)c1. The van der Waals surface area contributed by atoms with E-state index in [4.69, 9.17) is 9.47 Å². The second-order valence-corrected chi connectivity index (χ2v) is 5.66. The molecule has 1 aliphatic carbocycles. The Kier molecular flexibility index (Phi) is 3.65. The number of allylic oxidation sites excluding steroid dienone is 2. The summed E-state index contributed by atoms with van der Waals surface area (Å²) in [6.45, 7) is 4.65. The fraction of sp³-hybridized carbons (Fsp3) is 0.500. The molecule has 18 heavy (non-hydrogen) atoms. The first-order chi connectivity index (χ1) is 8.55. The van der Waals surface area contributed by atoms with Gasteiger partial charge in [-0.2, -0.15) is 0 Å². The van der Waals surface area contributed by atoms with Crippen LogP contribution >= 0.6 is 0 Å². The predicted molar refractivity (Wildman–Crippen MR) is 75.2 cm³/mol. The van der Waals surface area contributed by atoms with Crippen molar-refractivity contribution < 1.29 is 9.47 Å². The molecular weight excluding hydrogens is 224 g/mol. The lowest BCUT2D eigenvalue weighted by Gasteiger charge is -2.29. The Bertz CT molecular complexity index is 458. The van der Waals surface area contributed by atoms with Crippen LogP contribution in [-0.2, 0) is 0 Å². The Balaban J connectivity index is 2.31. The number of hydrogen-bond donors (Lipinski definition) is 0. The number of ether oxygens (including phenoxy) is 2. The van der Waals surface area contributed by atoms with Gasteiger partial charge in [0.25, 0.3) is 0 Å². The number of hydrogen-bond acceptors (Lipinski definition) is 2. The summed E-state index contributed by atoms with van der Waals surface area (Å²) >= 11 is 0. The highest BCUT2D eigenvalue weighted by Crippen LogP contribution is 2.41.